The van der Waals surface area contributed by atoms with Crippen molar-refractivity contribution in [3.8, 4) is 0 Å². The van der Waals surface area contributed by atoms with E-state index in [1.54, 1.807) is 5.56 Å². The molecule has 7 nitrogen and oxygen atoms in total. The van der Waals surface area contributed by atoms with Crippen LogP contribution >= 0.6 is 0 Å². The number of nitrogens with zero attached hydrogens (tertiary/aromatic N) is 4. The Kier molecular flexibility index (Phi) is 13.4. The Bertz CT molecular complexity index is 2030. The van der Waals surface area contributed by atoms with Crippen LogP contribution in [0.2, 0.25) is 33.2 Å². The SMILES string of the molecule is CC(C)[Si](C(C)C)(C(C)C)n1cc(C2CCN(C)CC2)c2cc(Nc3ccc4c(C5CCN(C(=O)OC(C)(C)C)CC5)cn([Si](C(C)C)(C(C)C)C(C)C)c4c3)ccc21. The molecule has 0 bridgehead atoms. The molecule has 2 aliphatic rings. The Labute approximate surface area is 360 Å². The largest absolute Gasteiger partial charge is 0.444 e. The van der Waals surface area contributed by atoms with Gasteiger partial charge in [0.15, 0.2) is 16.5 Å². The van der Waals surface area contributed by atoms with E-state index in [1.165, 1.54) is 45.9 Å². The van der Waals surface area contributed by atoms with E-state index in [2.05, 4.69) is 158 Å². The molecule has 0 saturated carbocycles. The van der Waals surface area contributed by atoms with Crippen molar-refractivity contribution in [1.29, 1.82) is 0 Å². The second kappa shape index (κ2) is 17.4. The van der Waals surface area contributed by atoms with E-state index >= 15 is 0 Å². The van der Waals surface area contributed by atoms with E-state index in [0.29, 0.717) is 45.1 Å². The van der Waals surface area contributed by atoms with E-state index < -0.39 is 22.1 Å². The number of ether oxygens (including phenoxy) is 1. The summed E-state index contributed by atoms with van der Waals surface area (Å²) in [6, 6.07) is 14.5. The summed E-state index contributed by atoms with van der Waals surface area (Å²) in [4.78, 5) is 17.4. The summed E-state index contributed by atoms with van der Waals surface area (Å²) in [7, 11) is -1.79. The number of hydrogen-bond acceptors (Lipinski definition) is 4. The van der Waals surface area contributed by atoms with Gasteiger partial charge in [-0.15, -0.1) is 0 Å². The Morgan fingerprint density at radius 2 is 1.03 bits per heavy atom. The number of piperidine rings is 2. The van der Waals surface area contributed by atoms with Gasteiger partial charge in [-0.05, 0) is 166 Å². The van der Waals surface area contributed by atoms with Gasteiger partial charge >= 0.3 is 6.09 Å². The first-order valence-electron chi connectivity index (χ1n) is 23.4. The lowest BCUT2D eigenvalue weighted by Crippen LogP contribution is -2.51. The van der Waals surface area contributed by atoms with Gasteiger partial charge in [0.1, 0.15) is 5.60 Å². The Morgan fingerprint density at radius 1 is 0.610 bits per heavy atom. The summed E-state index contributed by atoms with van der Waals surface area (Å²) in [5, 5.41) is 6.79. The third kappa shape index (κ3) is 8.35. The van der Waals surface area contributed by atoms with Crippen LogP contribution in [0, 0.1) is 0 Å². The van der Waals surface area contributed by atoms with Crippen molar-refractivity contribution in [2.24, 2.45) is 0 Å². The molecule has 59 heavy (non-hydrogen) atoms. The Morgan fingerprint density at radius 3 is 1.51 bits per heavy atom. The zero-order chi connectivity index (χ0) is 43.4. The highest BCUT2D eigenvalue weighted by molar-refractivity contribution is 6.83. The molecule has 0 unspecified atom stereocenters. The number of fused-ring (bicyclic) bond motifs is 2. The van der Waals surface area contributed by atoms with Crippen molar-refractivity contribution in [2.45, 2.75) is 180 Å². The monoisotopic (exact) mass is 840 g/mol. The summed E-state index contributed by atoms with van der Waals surface area (Å²) in [6.45, 7) is 39.4. The molecular formula is C50H81N5O2Si2. The third-order valence-electron chi connectivity index (χ3n) is 15.1. The average Bonchev–Trinajstić information content (AvgIpc) is 3.70. The predicted octanol–water partition coefficient (Wildman–Crippen LogP) is 14.3. The number of carbonyl (C=O) groups is 1. The van der Waals surface area contributed by atoms with Gasteiger partial charge in [0.2, 0.25) is 0 Å². The number of nitrogens with one attached hydrogen (secondary N) is 1. The average molecular weight is 840 g/mol. The molecule has 2 aromatic heterocycles. The van der Waals surface area contributed by atoms with E-state index in [-0.39, 0.29) is 6.09 Å². The van der Waals surface area contributed by atoms with Gasteiger partial charge in [-0.25, -0.2) is 4.79 Å². The highest BCUT2D eigenvalue weighted by Gasteiger charge is 2.48. The molecule has 9 heteroatoms. The molecule has 0 aliphatic carbocycles. The fraction of sp³-hybridized carbons (Fsp3) is 0.660. The smallest absolute Gasteiger partial charge is 0.410 e. The van der Waals surface area contributed by atoms with E-state index in [4.69, 9.17) is 4.74 Å². The first-order chi connectivity index (χ1) is 27.6. The van der Waals surface area contributed by atoms with Gasteiger partial charge in [0, 0.05) is 46.3 Å². The maximum absolute atomic E-state index is 13.0. The molecular weight excluding hydrogens is 759 g/mol. The normalized spacial score (nSPS) is 17.4. The lowest BCUT2D eigenvalue weighted by Gasteiger charge is -2.44. The number of aromatic nitrogens is 2. The highest BCUT2D eigenvalue weighted by atomic mass is 28.3. The van der Waals surface area contributed by atoms with Gasteiger partial charge in [-0.2, -0.15) is 0 Å². The van der Waals surface area contributed by atoms with Crippen molar-refractivity contribution in [3.05, 3.63) is 59.9 Å². The molecule has 0 atom stereocenters. The summed E-state index contributed by atoms with van der Waals surface area (Å²) >= 11 is 0. The van der Waals surface area contributed by atoms with Gasteiger partial charge in [0.25, 0.3) is 0 Å². The topological polar surface area (TPSA) is 54.7 Å². The first-order valence-corrected chi connectivity index (χ1v) is 27.7. The predicted molar refractivity (Wildman–Crippen MR) is 259 cm³/mol. The number of likely N-dealkylation sites (tertiary alicyclic amines) is 2. The Hall–Kier alpha value is -3.02. The molecule has 1 amide bonds. The minimum absolute atomic E-state index is 0.186. The van der Waals surface area contributed by atoms with Crippen LogP contribution in [-0.4, -0.2) is 79.7 Å². The van der Waals surface area contributed by atoms with Crippen LogP contribution in [-0.2, 0) is 4.74 Å². The van der Waals surface area contributed by atoms with Crippen LogP contribution in [0.4, 0.5) is 16.2 Å². The summed E-state index contributed by atoms with van der Waals surface area (Å²) in [5.41, 5.74) is 11.2. The molecule has 326 valence electrons. The fourth-order valence-corrected chi connectivity index (χ4v) is 26.1. The molecule has 2 saturated heterocycles. The number of rotatable bonds is 12. The van der Waals surface area contributed by atoms with Crippen molar-refractivity contribution >= 4 is 55.7 Å². The number of anilines is 2. The van der Waals surface area contributed by atoms with Crippen molar-refractivity contribution in [1.82, 2.24) is 18.3 Å². The zero-order valence-corrected chi connectivity index (χ0v) is 42.0. The van der Waals surface area contributed by atoms with Crippen LogP contribution < -0.4 is 5.32 Å². The standard InChI is InChI=1S/C50H81N5O2Si2/c1-33(2)58(34(3)4,35(5)6)54-32-46(39-21-25-52(16)26-22-39)44-29-41(18-20-47(44)54)51-42-17-19-43-45(40-23-27-53(28-24-40)49(56)57-50(13,14)15)31-55(48(43)30-42)59(36(7)8,37(9)10)38(11)12/h17-20,29-40,51H,21-28H2,1-16H3. The van der Waals surface area contributed by atoms with Crippen LogP contribution in [0.1, 0.15) is 153 Å². The molecule has 2 aromatic carbocycles. The molecule has 2 aliphatic heterocycles. The molecule has 0 spiro atoms. The fourth-order valence-electron chi connectivity index (χ4n) is 12.8. The van der Waals surface area contributed by atoms with Crippen LogP contribution in [0.3, 0.4) is 0 Å². The van der Waals surface area contributed by atoms with Crippen LogP contribution in [0.15, 0.2) is 48.8 Å². The first kappa shape index (κ1) is 45.5. The number of hydrogen-bond donors (Lipinski definition) is 1. The van der Waals surface area contributed by atoms with Crippen LogP contribution in [0.5, 0.6) is 0 Å². The lowest BCUT2D eigenvalue weighted by molar-refractivity contribution is 0.0205. The third-order valence-corrected chi connectivity index (χ3v) is 28.6. The minimum atomic E-state index is -2.09. The maximum atomic E-state index is 13.0. The van der Waals surface area contributed by atoms with Gasteiger partial charge in [-0.1, -0.05) is 89.2 Å². The van der Waals surface area contributed by atoms with Gasteiger partial charge < -0.3 is 28.3 Å². The minimum Gasteiger partial charge on any atom is -0.444 e. The maximum Gasteiger partial charge on any atom is 0.410 e. The second-order valence-corrected chi connectivity index (χ2v) is 33.0. The van der Waals surface area contributed by atoms with E-state index in [1.807, 2.05) is 25.7 Å². The lowest BCUT2D eigenvalue weighted by atomic mass is 9.89. The molecule has 4 aromatic rings. The molecule has 4 heterocycles. The zero-order valence-electron chi connectivity index (χ0n) is 40.0. The number of carbonyl (C=O) groups excluding carboxylic acids is 1. The highest BCUT2D eigenvalue weighted by Crippen LogP contribution is 2.49. The molecule has 0 radical (unpaired) electrons. The number of amides is 1. The quantitative estimate of drug-likeness (QED) is 0.144. The van der Waals surface area contributed by atoms with Gasteiger partial charge in [0.05, 0.1) is 0 Å². The van der Waals surface area contributed by atoms with Crippen LogP contribution in [0.25, 0.3) is 21.8 Å². The molecule has 6 rings (SSSR count). The molecule has 2 fully saturated rings. The van der Waals surface area contributed by atoms with Crippen molar-refractivity contribution in [3.63, 3.8) is 0 Å². The second-order valence-electron chi connectivity index (χ2n) is 21.5. The van der Waals surface area contributed by atoms with Gasteiger partial charge in [-0.3, -0.25) is 0 Å². The van der Waals surface area contributed by atoms with E-state index in [9.17, 15) is 4.79 Å². The summed E-state index contributed by atoms with van der Waals surface area (Å²) in [6.07, 6.45) is 9.37. The molecule has 1 N–H and O–H groups in total. The van der Waals surface area contributed by atoms with E-state index in [0.717, 1.165) is 44.7 Å². The Balaban J connectivity index is 1.44. The summed E-state index contributed by atoms with van der Waals surface area (Å²) < 4.78 is 11.4. The summed E-state index contributed by atoms with van der Waals surface area (Å²) in [5.74, 6) is 0.982. The van der Waals surface area contributed by atoms with Crippen molar-refractivity contribution in [2.75, 3.05) is 38.5 Å². The number of benzene rings is 2. The van der Waals surface area contributed by atoms with Crippen molar-refractivity contribution < 1.29 is 9.53 Å².